The first kappa shape index (κ1) is 11.4. The summed E-state index contributed by atoms with van der Waals surface area (Å²) >= 11 is 0. The number of hydrogen-bond donors (Lipinski definition) is 1. The molecule has 1 aromatic carbocycles. The van der Waals surface area contributed by atoms with Gasteiger partial charge in [0, 0.05) is 13.1 Å². The Bertz CT molecular complexity index is 334. The lowest BCUT2D eigenvalue weighted by Gasteiger charge is -2.32. The topological polar surface area (TPSA) is 15.3 Å². The molecule has 0 unspecified atom stereocenters. The van der Waals surface area contributed by atoms with Crippen LogP contribution >= 0.6 is 0 Å². The Kier molecular flexibility index (Phi) is 3.78. The van der Waals surface area contributed by atoms with E-state index in [4.69, 9.17) is 0 Å². The van der Waals surface area contributed by atoms with Gasteiger partial charge in [0.2, 0.25) is 0 Å². The predicted octanol–water partition coefficient (Wildman–Crippen LogP) is 3.42. The smallest absolute Gasteiger partial charge is 0.147 e. The van der Waals surface area contributed by atoms with Gasteiger partial charge < -0.3 is 5.43 Å². The van der Waals surface area contributed by atoms with Gasteiger partial charge in [0.15, 0.2) is 0 Å². The molecule has 1 N–H and O–H groups in total. The monoisotopic (exact) mass is 222 g/mol. The average Bonchev–Trinajstić information content (AvgIpc) is 2.33. The number of hydrazine groups is 1. The fraction of sp³-hybridized carbons (Fsp3) is 0.538. The van der Waals surface area contributed by atoms with Gasteiger partial charge in [0.05, 0.1) is 5.69 Å². The summed E-state index contributed by atoms with van der Waals surface area (Å²) in [5, 5.41) is 2.05. The summed E-state index contributed by atoms with van der Waals surface area (Å²) in [7, 11) is 2.00. The van der Waals surface area contributed by atoms with Crippen LogP contribution in [-0.4, -0.2) is 18.1 Å². The number of anilines is 1. The predicted molar refractivity (Wildman–Crippen MR) is 64.7 cm³/mol. The van der Waals surface area contributed by atoms with Crippen molar-refractivity contribution in [3.05, 3.63) is 30.1 Å². The molecule has 1 aliphatic rings. The molecule has 0 heterocycles. The summed E-state index contributed by atoms with van der Waals surface area (Å²) in [6, 6.07) is 7.35. The number of nitrogens with zero attached hydrogens (tertiary/aromatic N) is 1. The van der Waals surface area contributed by atoms with Crippen LogP contribution in [0.2, 0.25) is 0 Å². The standard InChI is InChI=1S/C13H19FN2/c1-16(11-7-3-2-4-8-11)15-13-10-6-5-9-12(13)14/h5-6,9-11,15H,2-4,7-8H2,1H3. The van der Waals surface area contributed by atoms with Crippen molar-refractivity contribution in [2.45, 2.75) is 38.1 Å². The maximum atomic E-state index is 13.4. The van der Waals surface area contributed by atoms with E-state index in [2.05, 4.69) is 10.4 Å². The van der Waals surface area contributed by atoms with Crippen molar-refractivity contribution < 1.29 is 4.39 Å². The Hall–Kier alpha value is -1.09. The second-order valence-electron chi connectivity index (χ2n) is 4.49. The SMILES string of the molecule is CN(Nc1ccccc1F)C1CCCCC1. The van der Waals surface area contributed by atoms with Crippen molar-refractivity contribution in [3.8, 4) is 0 Å². The zero-order valence-electron chi connectivity index (χ0n) is 9.75. The minimum Gasteiger partial charge on any atom is -0.316 e. The van der Waals surface area contributed by atoms with Gasteiger partial charge in [-0.2, -0.15) is 0 Å². The summed E-state index contributed by atoms with van der Waals surface area (Å²) in [5.74, 6) is -0.190. The number of hydrogen-bond acceptors (Lipinski definition) is 2. The molecule has 3 heteroatoms. The molecule has 1 aromatic rings. The van der Waals surface area contributed by atoms with Gasteiger partial charge in [-0.1, -0.05) is 31.4 Å². The average molecular weight is 222 g/mol. The fourth-order valence-electron chi connectivity index (χ4n) is 2.30. The van der Waals surface area contributed by atoms with Crippen molar-refractivity contribution in [2.24, 2.45) is 0 Å². The third kappa shape index (κ3) is 2.73. The first-order chi connectivity index (χ1) is 7.77. The highest BCUT2D eigenvalue weighted by Gasteiger charge is 2.18. The van der Waals surface area contributed by atoms with Gasteiger partial charge in [-0.05, 0) is 25.0 Å². The van der Waals surface area contributed by atoms with E-state index in [1.165, 1.54) is 38.2 Å². The third-order valence-electron chi connectivity index (χ3n) is 3.29. The molecule has 0 atom stereocenters. The van der Waals surface area contributed by atoms with Crippen LogP contribution in [0.15, 0.2) is 24.3 Å². The van der Waals surface area contributed by atoms with E-state index in [1.807, 2.05) is 13.1 Å². The van der Waals surface area contributed by atoms with Crippen LogP contribution in [-0.2, 0) is 0 Å². The Morgan fingerprint density at radius 3 is 2.56 bits per heavy atom. The summed E-state index contributed by atoms with van der Waals surface area (Å²) in [6.45, 7) is 0. The van der Waals surface area contributed by atoms with Crippen LogP contribution in [0, 0.1) is 5.82 Å². The first-order valence-corrected chi connectivity index (χ1v) is 6.01. The first-order valence-electron chi connectivity index (χ1n) is 6.01. The molecule has 0 aromatic heterocycles. The van der Waals surface area contributed by atoms with Crippen LogP contribution in [0.4, 0.5) is 10.1 Å². The van der Waals surface area contributed by atoms with Crippen LogP contribution in [0.5, 0.6) is 0 Å². The van der Waals surface area contributed by atoms with Crippen molar-refractivity contribution in [1.82, 2.24) is 5.01 Å². The largest absolute Gasteiger partial charge is 0.316 e. The van der Waals surface area contributed by atoms with Crippen LogP contribution in [0.3, 0.4) is 0 Å². The highest BCUT2D eigenvalue weighted by molar-refractivity contribution is 5.43. The summed E-state index contributed by atoms with van der Waals surface area (Å²) in [4.78, 5) is 0. The van der Waals surface area contributed by atoms with E-state index in [9.17, 15) is 4.39 Å². The van der Waals surface area contributed by atoms with E-state index in [-0.39, 0.29) is 5.82 Å². The number of halogens is 1. The van der Waals surface area contributed by atoms with Gasteiger partial charge in [-0.15, -0.1) is 0 Å². The molecule has 88 valence electrons. The van der Waals surface area contributed by atoms with Gasteiger partial charge in [0.1, 0.15) is 5.82 Å². The van der Waals surface area contributed by atoms with E-state index < -0.39 is 0 Å². The van der Waals surface area contributed by atoms with Crippen LogP contribution < -0.4 is 5.43 Å². The Balaban J connectivity index is 1.96. The molecule has 2 nitrogen and oxygen atoms in total. The maximum absolute atomic E-state index is 13.4. The zero-order valence-corrected chi connectivity index (χ0v) is 9.75. The maximum Gasteiger partial charge on any atom is 0.147 e. The van der Waals surface area contributed by atoms with Gasteiger partial charge in [0.25, 0.3) is 0 Å². The Morgan fingerprint density at radius 1 is 1.19 bits per heavy atom. The molecule has 0 radical (unpaired) electrons. The number of para-hydroxylation sites is 1. The molecule has 1 saturated carbocycles. The molecular weight excluding hydrogens is 203 g/mol. The van der Waals surface area contributed by atoms with Crippen molar-refractivity contribution in [1.29, 1.82) is 0 Å². The summed E-state index contributed by atoms with van der Waals surface area (Å²) in [6.07, 6.45) is 6.32. The molecule has 1 fully saturated rings. The molecule has 0 saturated heterocycles. The molecule has 1 aliphatic carbocycles. The van der Waals surface area contributed by atoms with E-state index in [1.54, 1.807) is 12.1 Å². The highest BCUT2D eigenvalue weighted by Crippen LogP contribution is 2.22. The quantitative estimate of drug-likeness (QED) is 0.788. The summed E-state index contributed by atoms with van der Waals surface area (Å²) < 4.78 is 13.4. The normalized spacial score (nSPS) is 17.7. The summed E-state index contributed by atoms with van der Waals surface area (Å²) in [5.41, 5.74) is 3.70. The fourth-order valence-corrected chi connectivity index (χ4v) is 2.30. The van der Waals surface area contributed by atoms with Crippen LogP contribution in [0.25, 0.3) is 0 Å². The van der Waals surface area contributed by atoms with Crippen molar-refractivity contribution >= 4 is 5.69 Å². The van der Waals surface area contributed by atoms with E-state index >= 15 is 0 Å². The third-order valence-corrected chi connectivity index (χ3v) is 3.29. The second kappa shape index (κ2) is 5.30. The Morgan fingerprint density at radius 2 is 1.88 bits per heavy atom. The minimum atomic E-state index is -0.190. The molecule has 2 rings (SSSR count). The molecule has 0 bridgehead atoms. The lowest BCUT2D eigenvalue weighted by molar-refractivity contribution is 0.225. The van der Waals surface area contributed by atoms with E-state index in [0.717, 1.165) is 0 Å². The molecule has 0 aliphatic heterocycles. The van der Waals surface area contributed by atoms with Crippen molar-refractivity contribution in [3.63, 3.8) is 0 Å². The van der Waals surface area contributed by atoms with E-state index in [0.29, 0.717) is 11.7 Å². The molecule has 0 spiro atoms. The lowest BCUT2D eigenvalue weighted by Crippen LogP contribution is -2.37. The highest BCUT2D eigenvalue weighted by atomic mass is 19.1. The number of nitrogens with one attached hydrogen (secondary N) is 1. The Labute approximate surface area is 96.4 Å². The molecular formula is C13H19FN2. The van der Waals surface area contributed by atoms with Crippen LogP contribution in [0.1, 0.15) is 32.1 Å². The number of rotatable bonds is 3. The van der Waals surface area contributed by atoms with Gasteiger partial charge in [-0.3, -0.25) is 0 Å². The van der Waals surface area contributed by atoms with Crippen molar-refractivity contribution in [2.75, 3.05) is 12.5 Å². The lowest BCUT2D eigenvalue weighted by atomic mass is 9.95. The second-order valence-corrected chi connectivity index (χ2v) is 4.49. The molecule has 16 heavy (non-hydrogen) atoms. The molecule has 0 amide bonds. The zero-order chi connectivity index (χ0) is 11.4. The minimum absolute atomic E-state index is 0.190. The van der Waals surface area contributed by atoms with Gasteiger partial charge >= 0.3 is 0 Å². The number of benzene rings is 1. The van der Waals surface area contributed by atoms with Gasteiger partial charge in [-0.25, -0.2) is 9.40 Å².